The summed E-state index contributed by atoms with van der Waals surface area (Å²) >= 11 is 0. The smallest absolute Gasteiger partial charge is 0.228 e. The lowest BCUT2D eigenvalue weighted by atomic mass is 9.88. The average molecular weight is 281 g/mol. The predicted molar refractivity (Wildman–Crippen MR) is 77.4 cm³/mol. The van der Waals surface area contributed by atoms with E-state index in [1.807, 2.05) is 0 Å². The van der Waals surface area contributed by atoms with Crippen LogP contribution in [-0.2, 0) is 11.2 Å². The molecule has 1 fully saturated rings. The minimum atomic E-state index is -0.140. The van der Waals surface area contributed by atoms with Crippen LogP contribution in [0.3, 0.4) is 0 Å². The van der Waals surface area contributed by atoms with Gasteiger partial charge in [0.1, 0.15) is 6.10 Å². The summed E-state index contributed by atoms with van der Waals surface area (Å²) < 4.78 is 10.9. The fourth-order valence-corrected chi connectivity index (χ4v) is 2.66. The molecule has 114 valence electrons. The summed E-state index contributed by atoms with van der Waals surface area (Å²) in [6.07, 6.45) is 3.29. The van der Waals surface area contributed by atoms with Gasteiger partial charge in [0.05, 0.1) is 0 Å². The first-order valence-electron chi connectivity index (χ1n) is 7.54. The van der Waals surface area contributed by atoms with Crippen molar-refractivity contribution in [2.75, 3.05) is 13.7 Å². The van der Waals surface area contributed by atoms with E-state index in [2.05, 4.69) is 43.2 Å². The van der Waals surface area contributed by atoms with Crippen LogP contribution in [0.4, 0.5) is 0 Å². The van der Waals surface area contributed by atoms with Gasteiger partial charge in [0.25, 0.3) is 0 Å². The highest BCUT2D eigenvalue weighted by Crippen LogP contribution is 2.35. The SMILES string of the molecule is CCNC(Cc1nc(C(OC)C(C)(C)C)no1)C1CC1. The fraction of sp³-hybridized carbons (Fsp3) is 0.867. The van der Waals surface area contributed by atoms with E-state index < -0.39 is 0 Å². The predicted octanol–water partition coefficient (Wildman–Crippen LogP) is 2.73. The van der Waals surface area contributed by atoms with Gasteiger partial charge in [-0.2, -0.15) is 4.98 Å². The van der Waals surface area contributed by atoms with Crippen LogP contribution in [-0.4, -0.2) is 29.8 Å². The van der Waals surface area contributed by atoms with Crippen LogP contribution in [0, 0.1) is 11.3 Å². The Morgan fingerprint density at radius 2 is 2.10 bits per heavy atom. The van der Waals surface area contributed by atoms with Gasteiger partial charge in [-0.25, -0.2) is 0 Å². The van der Waals surface area contributed by atoms with Crippen LogP contribution >= 0.6 is 0 Å². The molecule has 0 spiro atoms. The second-order valence-corrected chi connectivity index (χ2v) is 6.73. The summed E-state index contributed by atoms with van der Waals surface area (Å²) in [6, 6.07) is 0.462. The van der Waals surface area contributed by atoms with Crippen LogP contribution in [0.2, 0.25) is 0 Å². The Bertz CT molecular complexity index is 421. The first kappa shape index (κ1) is 15.4. The number of hydrogen-bond donors (Lipinski definition) is 1. The number of methoxy groups -OCH3 is 1. The highest BCUT2D eigenvalue weighted by Gasteiger charge is 2.34. The zero-order valence-corrected chi connectivity index (χ0v) is 13.3. The van der Waals surface area contributed by atoms with E-state index in [9.17, 15) is 0 Å². The normalized spacial score (nSPS) is 19.1. The summed E-state index contributed by atoms with van der Waals surface area (Å²) in [4.78, 5) is 4.54. The highest BCUT2D eigenvalue weighted by atomic mass is 16.5. The molecule has 0 bridgehead atoms. The van der Waals surface area contributed by atoms with Crippen molar-refractivity contribution in [1.82, 2.24) is 15.5 Å². The van der Waals surface area contributed by atoms with Gasteiger partial charge in [-0.1, -0.05) is 32.9 Å². The van der Waals surface area contributed by atoms with E-state index in [-0.39, 0.29) is 11.5 Å². The van der Waals surface area contributed by atoms with Crippen LogP contribution in [0.15, 0.2) is 4.52 Å². The number of hydrogen-bond acceptors (Lipinski definition) is 5. The Hall–Kier alpha value is -0.940. The summed E-state index contributed by atoms with van der Waals surface area (Å²) in [5, 5.41) is 7.62. The van der Waals surface area contributed by atoms with Crippen molar-refractivity contribution in [2.45, 2.75) is 59.1 Å². The molecule has 5 nitrogen and oxygen atoms in total. The molecule has 0 aromatic carbocycles. The largest absolute Gasteiger partial charge is 0.373 e. The number of aromatic nitrogens is 2. The van der Waals surface area contributed by atoms with E-state index in [1.165, 1.54) is 12.8 Å². The van der Waals surface area contributed by atoms with Crippen molar-refractivity contribution in [1.29, 1.82) is 0 Å². The third-order valence-corrected chi connectivity index (χ3v) is 3.79. The molecule has 1 aliphatic carbocycles. The first-order chi connectivity index (χ1) is 9.45. The monoisotopic (exact) mass is 281 g/mol. The van der Waals surface area contributed by atoms with Gasteiger partial charge in [0.15, 0.2) is 0 Å². The lowest BCUT2D eigenvalue weighted by Crippen LogP contribution is -2.33. The molecule has 0 saturated heterocycles. The summed E-state index contributed by atoms with van der Waals surface area (Å²) in [5.74, 6) is 2.14. The Kier molecular flexibility index (Phi) is 4.81. The standard InChI is InChI=1S/C15H27N3O2/c1-6-16-11(10-7-8-10)9-12-17-14(18-20-12)13(19-5)15(2,3)4/h10-11,13,16H,6-9H2,1-5H3. The topological polar surface area (TPSA) is 60.2 Å². The average Bonchev–Trinajstić information content (AvgIpc) is 3.10. The van der Waals surface area contributed by atoms with Crippen molar-refractivity contribution in [3.8, 4) is 0 Å². The van der Waals surface area contributed by atoms with Crippen LogP contribution < -0.4 is 5.32 Å². The summed E-state index contributed by atoms with van der Waals surface area (Å²) in [5.41, 5.74) is -0.0482. The maximum atomic E-state index is 5.53. The molecule has 2 unspecified atom stereocenters. The molecule has 20 heavy (non-hydrogen) atoms. The third-order valence-electron chi connectivity index (χ3n) is 3.79. The number of likely N-dealkylation sites (N-methyl/N-ethyl adjacent to an activating group) is 1. The molecule has 1 saturated carbocycles. The van der Waals surface area contributed by atoms with Crippen molar-refractivity contribution in [2.24, 2.45) is 11.3 Å². The summed E-state index contributed by atoms with van der Waals surface area (Å²) in [6.45, 7) is 9.45. The van der Waals surface area contributed by atoms with E-state index >= 15 is 0 Å². The van der Waals surface area contributed by atoms with Gasteiger partial charge < -0.3 is 14.6 Å². The van der Waals surface area contributed by atoms with Gasteiger partial charge >= 0.3 is 0 Å². The minimum absolute atomic E-state index is 0.0482. The second-order valence-electron chi connectivity index (χ2n) is 6.73. The molecule has 0 radical (unpaired) electrons. The zero-order chi connectivity index (χ0) is 14.8. The van der Waals surface area contributed by atoms with Gasteiger partial charge in [-0.15, -0.1) is 0 Å². The molecular formula is C15H27N3O2. The Morgan fingerprint density at radius 3 is 2.60 bits per heavy atom. The molecule has 2 rings (SSSR count). The van der Waals surface area contributed by atoms with Gasteiger partial charge in [-0.3, -0.25) is 0 Å². The minimum Gasteiger partial charge on any atom is -0.373 e. The fourth-order valence-electron chi connectivity index (χ4n) is 2.66. The molecule has 1 N–H and O–H groups in total. The zero-order valence-electron chi connectivity index (χ0n) is 13.3. The lowest BCUT2D eigenvalue weighted by molar-refractivity contribution is 0.00718. The van der Waals surface area contributed by atoms with Gasteiger partial charge in [0, 0.05) is 19.6 Å². The Balaban J connectivity index is 2.04. The maximum absolute atomic E-state index is 5.53. The number of ether oxygens (including phenoxy) is 1. The van der Waals surface area contributed by atoms with Gasteiger partial charge in [-0.05, 0) is 30.7 Å². The van der Waals surface area contributed by atoms with E-state index in [4.69, 9.17) is 9.26 Å². The van der Waals surface area contributed by atoms with E-state index in [0.29, 0.717) is 17.8 Å². The van der Waals surface area contributed by atoms with Crippen LogP contribution in [0.25, 0.3) is 0 Å². The molecule has 2 atom stereocenters. The highest BCUT2D eigenvalue weighted by molar-refractivity contribution is 4.99. The first-order valence-corrected chi connectivity index (χ1v) is 7.54. The third kappa shape index (κ3) is 3.79. The van der Waals surface area contributed by atoms with Crippen molar-refractivity contribution in [3.63, 3.8) is 0 Å². The second kappa shape index (κ2) is 6.22. The van der Waals surface area contributed by atoms with Crippen molar-refractivity contribution < 1.29 is 9.26 Å². The van der Waals surface area contributed by atoms with E-state index in [0.717, 1.165) is 18.9 Å². The molecular weight excluding hydrogens is 254 g/mol. The Morgan fingerprint density at radius 1 is 1.40 bits per heavy atom. The molecule has 0 amide bonds. The molecule has 1 aliphatic rings. The molecule has 1 aromatic heterocycles. The number of nitrogens with one attached hydrogen (secondary N) is 1. The molecule has 1 heterocycles. The molecule has 0 aliphatic heterocycles. The van der Waals surface area contributed by atoms with Gasteiger partial charge in [0.2, 0.25) is 11.7 Å². The van der Waals surface area contributed by atoms with Crippen LogP contribution in [0.1, 0.15) is 58.4 Å². The number of nitrogens with zero attached hydrogens (tertiary/aromatic N) is 2. The van der Waals surface area contributed by atoms with Crippen molar-refractivity contribution in [3.05, 3.63) is 11.7 Å². The maximum Gasteiger partial charge on any atom is 0.228 e. The lowest BCUT2D eigenvalue weighted by Gasteiger charge is -2.26. The van der Waals surface area contributed by atoms with Crippen molar-refractivity contribution >= 4 is 0 Å². The van der Waals surface area contributed by atoms with E-state index in [1.54, 1.807) is 7.11 Å². The molecule has 5 heteroatoms. The number of rotatable bonds is 7. The van der Waals surface area contributed by atoms with Crippen LogP contribution in [0.5, 0.6) is 0 Å². The Labute approximate surface area is 121 Å². The molecule has 1 aromatic rings. The quantitative estimate of drug-likeness (QED) is 0.832. The summed E-state index contributed by atoms with van der Waals surface area (Å²) in [7, 11) is 1.69.